The first-order valence-corrected chi connectivity index (χ1v) is 11.3. The van der Waals surface area contributed by atoms with Crippen LogP contribution in [0.3, 0.4) is 0 Å². The number of para-hydroxylation sites is 1. The first-order chi connectivity index (χ1) is 13.1. The van der Waals surface area contributed by atoms with Gasteiger partial charge in [0.2, 0.25) is 0 Å². The summed E-state index contributed by atoms with van der Waals surface area (Å²) in [5.41, 5.74) is 2.07. The molecule has 0 N–H and O–H groups in total. The summed E-state index contributed by atoms with van der Waals surface area (Å²) < 4.78 is 7.80. The molecule has 4 nitrogen and oxygen atoms in total. The maximum Gasteiger partial charge on any atom is 0.267 e. The van der Waals surface area contributed by atoms with Crippen molar-refractivity contribution in [2.75, 3.05) is 5.75 Å². The van der Waals surface area contributed by atoms with Gasteiger partial charge in [0.15, 0.2) is 5.16 Å². The number of aromatic nitrogens is 2. The normalized spacial score (nSPS) is 16.8. The number of rotatable bonds is 5. The lowest BCUT2D eigenvalue weighted by Gasteiger charge is -2.26. The third-order valence-electron chi connectivity index (χ3n) is 4.90. The van der Waals surface area contributed by atoms with Crippen LogP contribution in [0.25, 0.3) is 15.9 Å². The van der Waals surface area contributed by atoms with Gasteiger partial charge < -0.3 is 4.74 Å². The Morgan fingerprint density at radius 2 is 2.11 bits per heavy atom. The minimum Gasteiger partial charge on any atom is -0.372 e. The molecule has 4 rings (SSSR count). The van der Waals surface area contributed by atoms with Crippen LogP contribution in [-0.2, 0) is 17.8 Å². The van der Waals surface area contributed by atoms with Gasteiger partial charge in [-0.05, 0) is 30.0 Å². The van der Waals surface area contributed by atoms with Gasteiger partial charge in [0.05, 0.1) is 23.8 Å². The van der Waals surface area contributed by atoms with Crippen LogP contribution in [0, 0.1) is 5.92 Å². The van der Waals surface area contributed by atoms with Crippen molar-refractivity contribution in [3.63, 3.8) is 0 Å². The van der Waals surface area contributed by atoms with Crippen LogP contribution >= 0.6 is 23.1 Å². The molecule has 0 bridgehead atoms. The van der Waals surface area contributed by atoms with Gasteiger partial charge in [-0.25, -0.2) is 4.98 Å². The van der Waals surface area contributed by atoms with Gasteiger partial charge in [0, 0.05) is 17.1 Å². The molecule has 3 aromatic rings. The average Bonchev–Trinajstić information content (AvgIpc) is 3.04. The Morgan fingerprint density at radius 1 is 1.33 bits per heavy atom. The van der Waals surface area contributed by atoms with Crippen LogP contribution in [0.1, 0.15) is 37.6 Å². The molecule has 0 fully saturated rings. The van der Waals surface area contributed by atoms with Crippen LogP contribution in [0.4, 0.5) is 0 Å². The van der Waals surface area contributed by atoms with Gasteiger partial charge in [0.25, 0.3) is 5.56 Å². The molecule has 1 aromatic carbocycles. The van der Waals surface area contributed by atoms with Gasteiger partial charge in [-0.2, -0.15) is 0 Å². The maximum absolute atomic E-state index is 13.6. The smallest absolute Gasteiger partial charge is 0.267 e. The Labute approximate surface area is 167 Å². The Hall–Kier alpha value is -1.63. The van der Waals surface area contributed by atoms with Crippen LogP contribution in [-0.4, -0.2) is 21.4 Å². The molecule has 142 valence electrons. The van der Waals surface area contributed by atoms with Crippen LogP contribution in [0.5, 0.6) is 0 Å². The summed E-state index contributed by atoms with van der Waals surface area (Å²) in [5, 5.41) is 1.56. The standard InChI is InChI=1S/C21H24N2O2S2/c1-4-10-26-21-22-19-18(20(24)23(21)14-8-6-5-7-9-14)15-11-16(13(2)3)25-12-17(15)27-19/h5-9,13,16H,4,10-12H2,1-3H3/t16-/m1/s1. The largest absolute Gasteiger partial charge is 0.372 e. The molecule has 0 amide bonds. The van der Waals surface area contributed by atoms with Crippen molar-refractivity contribution >= 4 is 33.3 Å². The number of hydrogen-bond acceptors (Lipinski definition) is 5. The van der Waals surface area contributed by atoms with Gasteiger partial charge in [-0.3, -0.25) is 9.36 Å². The molecule has 0 aliphatic carbocycles. The van der Waals surface area contributed by atoms with Crippen molar-refractivity contribution in [3.05, 3.63) is 51.1 Å². The summed E-state index contributed by atoms with van der Waals surface area (Å²) >= 11 is 3.27. The first-order valence-electron chi connectivity index (χ1n) is 9.47. The molecule has 0 radical (unpaired) electrons. The number of thiophene rings is 1. The van der Waals surface area contributed by atoms with E-state index in [4.69, 9.17) is 9.72 Å². The number of benzene rings is 1. The fourth-order valence-electron chi connectivity index (χ4n) is 3.43. The van der Waals surface area contributed by atoms with E-state index in [-0.39, 0.29) is 11.7 Å². The summed E-state index contributed by atoms with van der Waals surface area (Å²) in [6.45, 7) is 7.07. The van der Waals surface area contributed by atoms with Crippen molar-refractivity contribution < 1.29 is 4.74 Å². The average molecular weight is 401 g/mol. The summed E-state index contributed by atoms with van der Waals surface area (Å²) in [4.78, 5) is 20.5. The van der Waals surface area contributed by atoms with Gasteiger partial charge >= 0.3 is 0 Å². The fraction of sp³-hybridized carbons (Fsp3) is 0.429. The lowest BCUT2D eigenvalue weighted by Crippen LogP contribution is -2.28. The monoisotopic (exact) mass is 400 g/mol. The highest BCUT2D eigenvalue weighted by molar-refractivity contribution is 7.99. The Morgan fingerprint density at radius 3 is 2.81 bits per heavy atom. The van der Waals surface area contributed by atoms with E-state index in [1.807, 2.05) is 30.3 Å². The molecule has 1 atom stereocenters. The van der Waals surface area contributed by atoms with Crippen molar-refractivity contribution in [2.24, 2.45) is 5.92 Å². The topological polar surface area (TPSA) is 44.1 Å². The molecular weight excluding hydrogens is 376 g/mol. The van der Waals surface area contributed by atoms with E-state index in [1.54, 1.807) is 27.7 Å². The molecular formula is C21H24N2O2S2. The van der Waals surface area contributed by atoms with Crippen molar-refractivity contribution in [2.45, 2.75) is 51.5 Å². The van der Waals surface area contributed by atoms with E-state index < -0.39 is 0 Å². The van der Waals surface area contributed by atoms with Crippen molar-refractivity contribution in [3.8, 4) is 5.69 Å². The van der Waals surface area contributed by atoms with Crippen molar-refractivity contribution in [1.29, 1.82) is 0 Å². The van der Waals surface area contributed by atoms with Crippen LogP contribution < -0.4 is 5.56 Å². The van der Waals surface area contributed by atoms with E-state index in [1.165, 1.54) is 0 Å². The van der Waals surface area contributed by atoms with Gasteiger partial charge in [0.1, 0.15) is 4.83 Å². The summed E-state index contributed by atoms with van der Waals surface area (Å²) in [5.74, 6) is 1.37. The zero-order valence-corrected chi connectivity index (χ0v) is 17.5. The Bertz CT molecular complexity index is 1010. The lowest BCUT2D eigenvalue weighted by molar-refractivity contribution is 0.00200. The maximum atomic E-state index is 13.6. The highest BCUT2D eigenvalue weighted by Gasteiger charge is 2.28. The number of fused-ring (bicyclic) bond motifs is 3. The minimum atomic E-state index is 0.0479. The third-order valence-corrected chi connectivity index (χ3v) is 7.15. The van der Waals surface area contributed by atoms with Crippen molar-refractivity contribution in [1.82, 2.24) is 9.55 Å². The summed E-state index contributed by atoms with van der Waals surface area (Å²) in [6, 6.07) is 9.85. The third kappa shape index (κ3) is 3.46. The molecule has 1 aliphatic rings. The number of ether oxygens (including phenoxy) is 1. The molecule has 1 aliphatic heterocycles. The first kappa shape index (κ1) is 18.7. The quantitative estimate of drug-likeness (QED) is 0.444. The van der Waals surface area contributed by atoms with Crippen LogP contribution in [0.2, 0.25) is 0 Å². The number of hydrogen-bond donors (Lipinski definition) is 0. The molecule has 0 spiro atoms. The van der Waals surface area contributed by atoms with E-state index >= 15 is 0 Å². The van der Waals surface area contributed by atoms with E-state index in [2.05, 4.69) is 20.8 Å². The summed E-state index contributed by atoms with van der Waals surface area (Å²) in [7, 11) is 0. The molecule has 0 unspecified atom stereocenters. The minimum absolute atomic E-state index is 0.0479. The second-order valence-corrected chi connectivity index (χ2v) is 9.35. The zero-order valence-electron chi connectivity index (χ0n) is 15.9. The molecule has 6 heteroatoms. The Balaban J connectivity index is 1.93. The second-order valence-electron chi connectivity index (χ2n) is 7.20. The van der Waals surface area contributed by atoms with Crippen LogP contribution in [0.15, 0.2) is 40.3 Å². The van der Waals surface area contributed by atoms with E-state index in [0.717, 1.165) is 50.1 Å². The molecule has 2 aromatic heterocycles. The molecule has 0 saturated carbocycles. The predicted octanol–water partition coefficient (Wildman–Crippen LogP) is 5.05. The lowest BCUT2D eigenvalue weighted by atomic mass is 9.96. The fourth-order valence-corrected chi connectivity index (χ4v) is 5.46. The SMILES string of the molecule is CCCSc1nc2sc3c(c2c(=O)n1-c1ccccc1)C[C@H](C(C)C)OC3. The molecule has 3 heterocycles. The second kappa shape index (κ2) is 7.78. The number of thioether (sulfide) groups is 1. The molecule has 0 saturated heterocycles. The highest BCUT2D eigenvalue weighted by Crippen LogP contribution is 2.36. The highest BCUT2D eigenvalue weighted by atomic mass is 32.2. The summed E-state index contributed by atoms with van der Waals surface area (Å²) in [6.07, 6.45) is 1.99. The van der Waals surface area contributed by atoms with Gasteiger partial charge in [-0.15, -0.1) is 11.3 Å². The van der Waals surface area contributed by atoms with E-state index in [9.17, 15) is 4.79 Å². The Kier molecular flexibility index (Phi) is 5.39. The number of nitrogens with zero attached hydrogens (tertiary/aromatic N) is 2. The predicted molar refractivity (Wildman–Crippen MR) is 113 cm³/mol. The van der Waals surface area contributed by atoms with Gasteiger partial charge in [-0.1, -0.05) is 50.7 Å². The zero-order chi connectivity index (χ0) is 19.0. The van der Waals surface area contributed by atoms with E-state index in [0.29, 0.717) is 12.5 Å². The molecule has 27 heavy (non-hydrogen) atoms.